The zero-order valence-corrected chi connectivity index (χ0v) is 17.4. The minimum absolute atomic E-state index is 0.000407. The Labute approximate surface area is 163 Å². The molecule has 1 N–H and O–H groups in total. The first kappa shape index (κ1) is 20.8. The molecule has 0 aliphatic carbocycles. The highest BCUT2D eigenvalue weighted by Gasteiger charge is 2.12. The highest BCUT2D eigenvalue weighted by molar-refractivity contribution is 5.92. The molecule has 0 spiro atoms. The predicted molar refractivity (Wildman–Crippen MR) is 114 cm³/mol. The third-order valence-corrected chi connectivity index (χ3v) is 4.76. The lowest BCUT2D eigenvalue weighted by atomic mass is 10.0. The van der Waals surface area contributed by atoms with Crippen LogP contribution in [0, 0.1) is 13.8 Å². The SMILES string of the molecule is CCN(CC)c1ccc(NC(=O)COc2cc(C)ccc2C(C)C)c(C)c1. The van der Waals surface area contributed by atoms with Crippen molar-refractivity contribution in [3.8, 4) is 5.75 Å². The second-order valence-electron chi connectivity index (χ2n) is 7.20. The summed E-state index contributed by atoms with van der Waals surface area (Å²) in [4.78, 5) is 14.7. The van der Waals surface area contributed by atoms with Gasteiger partial charge in [0.25, 0.3) is 5.91 Å². The number of rotatable bonds is 8. The van der Waals surface area contributed by atoms with Gasteiger partial charge in [0.2, 0.25) is 0 Å². The Balaban J connectivity index is 2.03. The van der Waals surface area contributed by atoms with E-state index in [0.29, 0.717) is 5.92 Å². The molecule has 0 aromatic heterocycles. The Bertz CT molecular complexity index is 780. The van der Waals surface area contributed by atoms with Crippen molar-refractivity contribution in [1.82, 2.24) is 0 Å². The van der Waals surface area contributed by atoms with Gasteiger partial charge in [-0.3, -0.25) is 4.79 Å². The Hall–Kier alpha value is -2.49. The summed E-state index contributed by atoms with van der Waals surface area (Å²) in [5.41, 5.74) is 5.29. The Morgan fingerprint density at radius 3 is 2.37 bits per heavy atom. The molecule has 0 saturated heterocycles. The lowest BCUT2D eigenvalue weighted by molar-refractivity contribution is -0.118. The van der Waals surface area contributed by atoms with Crippen LogP contribution in [0.5, 0.6) is 5.75 Å². The van der Waals surface area contributed by atoms with Crippen LogP contribution in [-0.4, -0.2) is 25.6 Å². The summed E-state index contributed by atoms with van der Waals surface area (Å²) in [7, 11) is 0. The van der Waals surface area contributed by atoms with E-state index in [4.69, 9.17) is 4.74 Å². The topological polar surface area (TPSA) is 41.6 Å². The summed E-state index contributed by atoms with van der Waals surface area (Å²) in [5, 5.41) is 2.96. The quantitative estimate of drug-likeness (QED) is 0.688. The summed E-state index contributed by atoms with van der Waals surface area (Å²) in [6.07, 6.45) is 0. The first-order chi connectivity index (χ1) is 12.8. The second-order valence-corrected chi connectivity index (χ2v) is 7.20. The van der Waals surface area contributed by atoms with Gasteiger partial charge < -0.3 is 15.0 Å². The fourth-order valence-corrected chi connectivity index (χ4v) is 3.15. The molecule has 2 aromatic carbocycles. The van der Waals surface area contributed by atoms with E-state index in [1.165, 1.54) is 5.69 Å². The molecule has 0 radical (unpaired) electrons. The number of nitrogens with one attached hydrogen (secondary N) is 1. The standard InChI is InChI=1S/C23H32N2O2/c1-7-25(8-2)19-10-12-21(18(6)14-19)24-23(26)15-27-22-13-17(5)9-11-20(22)16(3)4/h9-14,16H,7-8,15H2,1-6H3,(H,24,26). The minimum atomic E-state index is -0.148. The van der Waals surface area contributed by atoms with E-state index >= 15 is 0 Å². The molecule has 4 heteroatoms. The van der Waals surface area contributed by atoms with Gasteiger partial charge in [0.15, 0.2) is 6.61 Å². The first-order valence-electron chi connectivity index (χ1n) is 9.74. The lowest BCUT2D eigenvalue weighted by Crippen LogP contribution is -2.23. The van der Waals surface area contributed by atoms with Gasteiger partial charge in [0, 0.05) is 24.5 Å². The molecule has 2 rings (SSSR count). The van der Waals surface area contributed by atoms with Crippen molar-refractivity contribution in [2.24, 2.45) is 0 Å². The Kier molecular flexibility index (Phi) is 7.28. The fourth-order valence-electron chi connectivity index (χ4n) is 3.15. The average molecular weight is 369 g/mol. The Morgan fingerprint density at radius 2 is 1.78 bits per heavy atom. The van der Waals surface area contributed by atoms with Crippen molar-refractivity contribution < 1.29 is 9.53 Å². The number of carbonyl (C=O) groups is 1. The van der Waals surface area contributed by atoms with Crippen LogP contribution < -0.4 is 15.0 Å². The Morgan fingerprint density at radius 1 is 1.07 bits per heavy atom. The van der Waals surface area contributed by atoms with Crippen LogP contribution in [0.2, 0.25) is 0 Å². The van der Waals surface area contributed by atoms with Crippen LogP contribution in [0.3, 0.4) is 0 Å². The van der Waals surface area contributed by atoms with Gasteiger partial charge in [-0.2, -0.15) is 0 Å². The summed E-state index contributed by atoms with van der Waals surface area (Å²) in [6, 6.07) is 12.3. The van der Waals surface area contributed by atoms with Gasteiger partial charge in [-0.05, 0) is 74.6 Å². The van der Waals surface area contributed by atoms with Gasteiger partial charge in [-0.25, -0.2) is 0 Å². The highest BCUT2D eigenvalue weighted by Crippen LogP contribution is 2.27. The van der Waals surface area contributed by atoms with Crippen molar-refractivity contribution in [3.05, 3.63) is 53.1 Å². The number of carbonyl (C=O) groups excluding carboxylic acids is 1. The van der Waals surface area contributed by atoms with Gasteiger partial charge in [0.05, 0.1) is 0 Å². The van der Waals surface area contributed by atoms with Gasteiger partial charge in [-0.15, -0.1) is 0 Å². The van der Waals surface area contributed by atoms with Crippen molar-refractivity contribution in [2.45, 2.75) is 47.5 Å². The summed E-state index contributed by atoms with van der Waals surface area (Å²) in [6.45, 7) is 14.5. The van der Waals surface area contributed by atoms with E-state index in [1.54, 1.807) is 0 Å². The van der Waals surface area contributed by atoms with E-state index in [-0.39, 0.29) is 12.5 Å². The maximum absolute atomic E-state index is 12.4. The molecule has 0 heterocycles. The molecular weight excluding hydrogens is 336 g/mol. The fraction of sp³-hybridized carbons (Fsp3) is 0.435. The maximum Gasteiger partial charge on any atom is 0.262 e. The van der Waals surface area contributed by atoms with Crippen molar-refractivity contribution in [2.75, 3.05) is 29.9 Å². The molecule has 1 amide bonds. The van der Waals surface area contributed by atoms with Crippen LogP contribution in [0.4, 0.5) is 11.4 Å². The number of hydrogen-bond acceptors (Lipinski definition) is 3. The molecule has 0 fully saturated rings. The van der Waals surface area contributed by atoms with Crippen molar-refractivity contribution in [3.63, 3.8) is 0 Å². The number of hydrogen-bond donors (Lipinski definition) is 1. The van der Waals surface area contributed by atoms with Crippen LogP contribution in [0.1, 0.15) is 50.3 Å². The van der Waals surface area contributed by atoms with E-state index in [9.17, 15) is 4.79 Å². The molecule has 0 aliphatic heterocycles. The van der Waals surface area contributed by atoms with E-state index in [2.05, 4.69) is 56.1 Å². The largest absolute Gasteiger partial charge is 0.483 e. The molecule has 0 bridgehead atoms. The van der Waals surface area contributed by atoms with Crippen LogP contribution in [0.25, 0.3) is 0 Å². The van der Waals surface area contributed by atoms with Crippen molar-refractivity contribution in [1.29, 1.82) is 0 Å². The molecule has 0 unspecified atom stereocenters. The number of amides is 1. The number of anilines is 2. The highest BCUT2D eigenvalue weighted by atomic mass is 16.5. The molecular formula is C23H32N2O2. The number of nitrogens with zero attached hydrogens (tertiary/aromatic N) is 1. The monoisotopic (exact) mass is 368 g/mol. The normalized spacial score (nSPS) is 10.8. The third-order valence-electron chi connectivity index (χ3n) is 4.76. The van der Waals surface area contributed by atoms with E-state index < -0.39 is 0 Å². The molecule has 27 heavy (non-hydrogen) atoms. The zero-order valence-electron chi connectivity index (χ0n) is 17.4. The maximum atomic E-state index is 12.4. The average Bonchev–Trinajstić information content (AvgIpc) is 2.63. The summed E-state index contributed by atoms with van der Waals surface area (Å²) in [5.74, 6) is 0.984. The van der Waals surface area contributed by atoms with Gasteiger partial charge >= 0.3 is 0 Å². The third kappa shape index (κ3) is 5.49. The number of benzene rings is 2. The minimum Gasteiger partial charge on any atom is -0.483 e. The molecule has 0 atom stereocenters. The summed E-state index contributed by atoms with van der Waals surface area (Å²) < 4.78 is 5.83. The molecule has 146 valence electrons. The number of ether oxygens (including phenoxy) is 1. The number of aryl methyl sites for hydroxylation is 2. The molecule has 0 saturated carbocycles. The van der Waals surface area contributed by atoms with Crippen LogP contribution >= 0.6 is 0 Å². The smallest absolute Gasteiger partial charge is 0.262 e. The second kappa shape index (κ2) is 9.45. The molecule has 4 nitrogen and oxygen atoms in total. The van der Waals surface area contributed by atoms with E-state index in [1.807, 2.05) is 32.0 Å². The first-order valence-corrected chi connectivity index (χ1v) is 9.74. The van der Waals surface area contributed by atoms with Crippen LogP contribution in [0.15, 0.2) is 36.4 Å². The van der Waals surface area contributed by atoms with Gasteiger partial charge in [0.1, 0.15) is 5.75 Å². The zero-order chi connectivity index (χ0) is 20.0. The molecule has 0 aliphatic rings. The van der Waals surface area contributed by atoms with E-state index in [0.717, 1.165) is 41.2 Å². The molecule has 2 aromatic rings. The lowest BCUT2D eigenvalue weighted by Gasteiger charge is -2.22. The van der Waals surface area contributed by atoms with Crippen molar-refractivity contribution >= 4 is 17.3 Å². The predicted octanol–water partition coefficient (Wildman–Crippen LogP) is 5.29. The summed E-state index contributed by atoms with van der Waals surface area (Å²) >= 11 is 0. The van der Waals surface area contributed by atoms with Crippen LogP contribution in [-0.2, 0) is 4.79 Å². The van der Waals surface area contributed by atoms with Gasteiger partial charge in [-0.1, -0.05) is 26.0 Å².